The van der Waals surface area contributed by atoms with Crippen molar-refractivity contribution >= 4 is 5.97 Å². The van der Waals surface area contributed by atoms with Gasteiger partial charge in [-0.25, -0.2) is 0 Å². The maximum Gasteiger partial charge on any atom is 0.320 e. The summed E-state index contributed by atoms with van der Waals surface area (Å²) in [6.07, 6.45) is 4.60. The Bertz CT molecular complexity index is 165. The molecule has 0 spiro atoms. The summed E-state index contributed by atoms with van der Waals surface area (Å²) in [6.45, 7) is 3.55. The number of hydrogen-bond donors (Lipinski definition) is 3. The molecule has 1 aliphatic carbocycles. The van der Waals surface area contributed by atoms with Crippen LogP contribution in [0.25, 0.3) is 0 Å². The number of carboxylic acids is 1. The zero-order chi connectivity index (χ0) is 11.1. The van der Waals surface area contributed by atoms with E-state index >= 15 is 0 Å². The smallest absolute Gasteiger partial charge is 0.320 e. The second-order valence-electron chi connectivity index (χ2n) is 4.05. The molecular formula is C10H21NO3. The van der Waals surface area contributed by atoms with Crippen LogP contribution in [0.1, 0.15) is 39.5 Å². The Labute approximate surface area is 85.1 Å². The van der Waals surface area contributed by atoms with Crippen LogP contribution in [0, 0.1) is 5.92 Å². The minimum Gasteiger partial charge on any atom is -0.480 e. The Morgan fingerprint density at radius 1 is 1.36 bits per heavy atom. The molecule has 0 aromatic rings. The van der Waals surface area contributed by atoms with Crippen molar-refractivity contribution in [1.82, 2.24) is 0 Å². The van der Waals surface area contributed by atoms with Crippen molar-refractivity contribution in [3.05, 3.63) is 0 Å². The predicted octanol–water partition coefficient (Wildman–Crippen LogP) is 0.976. The fourth-order valence-electron chi connectivity index (χ4n) is 1.19. The van der Waals surface area contributed by atoms with E-state index in [-0.39, 0.29) is 12.0 Å². The zero-order valence-corrected chi connectivity index (χ0v) is 8.94. The Morgan fingerprint density at radius 3 is 1.86 bits per heavy atom. The first-order chi connectivity index (χ1) is 6.45. The average Bonchev–Trinajstić information content (AvgIpc) is 2.55. The van der Waals surface area contributed by atoms with Gasteiger partial charge in [0.25, 0.3) is 0 Å². The molecule has 0 heterocycles. The van der Waals surface area contributed by atoms with Gasteiger partial charge in [0.2, 0.25) is 0 Å². The van der Waals surface area contributed by atoms with Gasteiger partial charge >= 0.3 is 5.97 Å². The average molecular weight is 203 g/mol. The standard InChI is InChI=1S/C5H11NO2.C5H10O/c1-3(2)4(6)5(7)8;6-5-3-1-2-4-5/h3-4H,6H2,1-2H3,(H,7,8);5-6H,1-4H2/t4-;/m0./s1. The van der Waals surface area contributed by atoms with Crippen LogP contribution >= 0.6 is 0 Å². The summed E-state index contributed by atoms with van der Waals surface area (Å²) in [4.78, 5) is 10.0. The fourth-order valence-corrected chi connectivity index (χ4v) is 1.19. The third kappa shape index (κ3) is 5.94. The summed E-state index contributed by atoms with van der Waals surface area (Å²) in [7, 11) is 0. The first-order valence-corrected chi connectivity index (χ1v) is 5.11. The topological polar surface area (TPSA) is 83.6 Å². The molecule has 0 aromatic heterocycles. The minimum absolute atomic E-state index is 0.0208. The van der Waals surface area contributed by atoms with Crippen molar-refractivity contribution in [3.63, 3.8) is 0 Å². The third-order valence-electron chi connectivity index (χ3n) is 2.33. The van der Waals surface area contributed by atoms with Crippen molar-refractivity contribution in [1.29, 1.82) is 0 Å². The van der Waals surface area contributed by atoms with Gasteiger partial charge in [-0.3, -0.25) is 4.79 Å². The second kappa shape index (κ2) is 6.79. The van der Waals surface area contributed by atoms with Gasteiger partial charge in [-0.15, -0.1) is 0 Å². The molecule has 0 saturated heterocycles. The first-order valence-electron chi connectivity index (χ1n) is 5.11. The molecule has 0 radical (unpaired) electrons. The molecule has 0 aliphatic heterocycles. The highest BCUT2D eigenvalue weighted by atomic mass is 16.4. The lowest BCUT2D eigenvalue weighted by atomic mass is 10.1. The van der Waals surface area contributed by atoms with Crippen LogP contribution in [0.2, 0.25) is 0 Å². The van der Waals surface area contributed by atoms with E-state index in [0.717, 1.165) is 12.8 Å². The van der Waals surface area contributed by atoms with Crippen molar-refractivity contribution in [2.45, 2.75) is 51.7 Å². The van der Waals surface area contributed by atoms with Gasteiger partial charge in [-0.1, -0.05) is 26.7 Å². The van der Waals surface area contributed by atoms with Gasteiger partial charge in [-0.05, 0) is 18.8 Å². The third-order valence-corrected chi connectivity index (χ3v) is 2.33. The van der Waals surface area contributed by atoms with Crippen LogP contribution in [0.4, 0.5) is 0 Å². The second-order valence-corrected chi connectivity index (χ2v) is 4.05. The SMILES string of the molecule is CC(C)[C@H](N)C(=O)O.OC1CCCC1. The number of carboxylic acid groups (broad SMARTS) is 1. The molecule has 4 heteroatoms. The van der Waals surface area contributed by atoms with Crippen molar-refractivity contribution in [3.8, 4) is 0 Å². The van der Waals surface area contributed by atoms with Crippen LogP contribution in [0.3, 0.4) is 0 Å². The van der Waals surface area contributed by atoms with Crippen LogP contribution in [0.15, 0.2) is 0 Å². The zero-order valence-electron chi connectivity index (χ0n) is 8.94. The lowest BCUT2D eigenvalue weighted by Gasteiger charge is -2.07. The molecule has 14 heavy (non-hydrogen) atoms. The maximum absolute atomic E-state index is 10.0. The molecule has 1 saturated carbocycles. The highest BCUT2D eigenvalue weighted by molar-refractivity contribution is 5.73. The Hall–Kier alpha value is -0.610. The summed E-state index contributed by atoms with van der Waals surface area (Å²) in [5.41, 5.74) is 5.16. The van der Waals surface area contributed by atoms with Crippen LogP contribution in [-0.2, 0) is 4.79 Å². The summed E-state index contributed by atoms with van der Waals surface area (Å²) in [5, 5.41) is 17.0. The minimum atomic E-state index is -0.931. The van der Waals surface area contributed by atoms with E-state index in [4.69, 9.17) is 15.9 Å². The highest BCUT2D eigenvalue weighted by Crippen LogP contribution is 2.16. The van der Waals surface area contributed by atoms with Crippen molar-refractivity contribution < 1.29 is 15.0 Å². The van der Waals surface area contributed by atoms with E-state index in [0.29, 0.717) is 0 Å². The lowest BCUT2D eigenvalue weighted by Crippen LogP contribution is -2.34. The van der Waals surface area contributed by atoms with Crippen molar-refractivity contribution in [2.75, 3.05) is 0 Å². The van der Waals surface area contributed by atoms with Crippen LogP contribution in [0.5, 0.6) is 0 Å². The molecule has 0 amide bonds. The largest absolute Gasteiger partial charge is 0.480 e. The lowest BCUT2D eigenvalue weighted by molar-refractivity contribution is -0.139. The maximum atomic E-state index is 10.0. The van der Waals surface area contributed by atoms with E-state index < -0.39 is 12.0 Å². The summed E-state index contributed by atoms with van der Waals surface area (Å²) in [6, 6.07) is -0.713. The number of aliphatic hydroxyl groups is 1. The van der Waals surface area contributed by atoms with Crippen molar-refractivity contribution in [2.24, 2.45) is 11.7 Å². The molecule has 1 aliphatic rings. The van der Waals surface area contributed by atoms with Crippen LogP contribution < -0.4 is 5.73 Å². The molecule has 4 N–H and O–H groups in total. The molecule has 0 bridgehead atoms. The summed E-state index contributed by atoms with van der Waals surface area (Å²) in [5.74, 6) is -0.910. The van der Waals surface area contributed by atoms with Gasteiger partial charge in [0.15, 0.2) is 0 Å². The predicted molar refractivity (Wildman–Crippen MR) is 54.9 cm³/mol. The molecule has 1 rings (SSSR count). The quantitative estimate of drug-likeness (QED) is 0.624. The van der Waals surface area contributed by atoms with E-state index in [1.165, 1.54) is 12.8 Å². The van der Waals surface area contributed by atoms with E-state index in [2.05, 4.69) is 0 Å². The fraction of sp³-hybridized carbons (Fsp3) is 0.900. The number of carbonyl (C=O) groups is 1. The van der Waals surface area contributed by atoms with E-state index in [1.807, 2.05) is 0 Å². The first kappa shape index (κ1) is 13.4. The van der Waals surface area contributed by atoms with Gasteiger partial charge in [0.05, 0.1) is 6.10 Å². The van der Waals surface area contributed by atoms with E-state index in [9.17, 15) is 4.79 Å². The van der Waals surface area contributed by atoms with Gasteiger partial charge < -0.3 is 15.9 Å². The number of hydrogen-bond acceptors (Lipinski definition) is 3. The molecule has 1 atom stereocenters. The number of nitrogens with two attached hydrogens (primary N) is 1. The van der Waals surface area contributed by atoms with Gasteiger partial charge in [0, 0.05) is 0 Å². The number of rotatable bonds is 2. The molecule has 4 nitrogen and oxygen atoms in total. The Kier molecular flexibility index (Phi) is 6.49. The number of aliphatic hydroxyl groups excluding tert-OH is 1. The summed E-state index contributed by atoms with van der Waals surface area (Å²) >= 11 is 0. The Balaban J connectivity index is 0.000000249. The molecule has 1 fully saturated rings. The molecule has 0 aromatic carbocycles. The van der Waals surface area contributed by atoms with Crippen LogP contribution in [-0.4, -0.2) is 28.3 Å². The number of aliphatic carboxylic acids is 1. The Morgan fingerprint density at radius 2 is 1.79 bits per heavy atom. The van der Waals surface area contributed by atoms with Gasteiger partial charge in [-0.2, -0.15) is 0 Å². The molecular weight excluding hydrogens is 182 g/mol. The summed E-state index contributed by atoms with van der Waals surface area (Å²) < 4.78 is 0. The normalized spacial score (nSPS) is 18.9. The molecule has 84 valence electrons. The van der Waals surface area contributed by atoms with Gasteiger partial charge in [0.1, 0.15) is 6.04 Å². The monoisotopic (exact) mass is 203 g/mol. The van der Waals surface area contributed by atoms with E-state index in [1.54, 1.807) is 13.8 Å². The highest BCUT2D eigenvalue weighted by Gasteiger charge is 2.14. The molecule has 0 unspecified atom stereocenters.